The predicted octanol–water partition coefficient (Wildman–Crippen LogP) is 0.930. The lowest BCUT2D eigenvalue weighted by Gasteiger charge is -2.51. The molecule has 5 aliphatic heterocycles. The molecular formula is C77H138N2O31. The van der Waals surface area contributed by atoms with Gasteiger partial charge in [-0.15, -0.1) is 0 Å². The molecule has 0 aromatic heterocycles. The number of hydrogen-bond acceptors (Lipinski definition) is 30. The van der Waals surface area contributed by atoms with Crippen LogP contribution in [0.3, 0.4) is 0 Å². The summed E-state index contributed by atoms with van der Waals surface area (Å²) in [4.78, 5) is 39.3. The molecule has 5 fully saturated rings. The predicted molar refractivity (Wildman–Crippen MR) is 394 cm³/mol. The van der Waals surface area contributed by atoms with E-state index in [4.69, 9.17) is 47.4 Å². The topological polar surface area (TPSA) is 532 Å². The Labute approximate surface area is 647 Å². The van der Waals surface area contributed by atoms with Crippen LogP contribution in [0.4, 0.5) is 0 Å². The van der Waals surface area contributed by atoms with Crippen molar-refractivity contribution in [3.8, 4) is 0 Å². The van der Waals surface area contributed by atoms with Crippen LogP contribution in [0.1, 0.15) is 233 Å². The van der Waals surface area contributed by atoms with E-state index in [1.165, 1.54) is 128 Å². The number of aliphatic carboxylic acids is 1. The summed E-state index contributed by atoms with van der Waals surface area (Å²) in [6.07, 6.45) is -7.28. The van der Waals surface area contributed by atoms with Crippen molar-refractivity contribution in [2.75, 3.05) is 39.6 Å². The SMILES string of the molecule is CCCCCCCC/C=C\CCCCCCCCCCCCCC(=O)N[C@@H](CO[C@@H]1OC(CO)[C@@H](O[C@@H]2OC(CO)[C@H](O)[C@H](O[C@@H]3OC(CO)[C@@H](O[C@@H]4OC(CO)[C@H](O)[C@H](O[C@]5(C(=O)O)CC(O)[C@@H](O)C([C@H](O)[C@H](O)CO)O5)C4O)[C@H](O)C3NC(C)=O)C2O)[C@H](O)C1O)[C@H](O)/C=C/CCCCCCCCCCCCC. The summed E-state index contributed by atoms with van der Waals surface area (Å²) in [7, 11) is 0. The van der Waals surface area contributed by atoms with Crippen LogP contribution in [0.2, 0.25) is 0 Å². The van der Waals surface area contributed by atoms with Crippen LogP contribution in [0, 0.1) is 0 Å². The molecule has 0 radical (unpaired) electrons. The zero-order valence-electron chi connectivity index (χ0n) is 64.8. The average Bonchev–Trinajstić information content (AvgIpc) is 0.759. The minimum Gasteiger partial charge on any atom is -0.477 e. The van der Waals surface area contributed by atoms with Gasteiger partial charge in [0.25, 0.3) is 5.79 Å². The van der Waals surface area contributed by atoms with Gasteiger partial charge < -0.3 is 150 Å². The van der Waals surface area contributed by atoms with E-state index in [1.54, 1.807) is 6.08 Å². The molecule has 0 saturated carbocycles. The molecule has 5 heterocycles. The van der Waals surface area contributed by atoms with E-state index in [9.17, 15) is 106 Å². The fourth-order valence-corrected chi connectivity index (χ4v) is 14.6. The van der Waals surface area contributed by atoms with E-state index in [2.05, 4.69) is 36.6 Å². The number of nitrogens with one attached hydrogen (secondary N) is 2. The van der Waals surface area contributed by atoms with Crippen LogP contribution >= 0.6 is 0 Å². The van der Waals surface area contributed by atoms with E-state index < -0.39 is 229 Å². The normalized spacial score (nSPS) is 34.1. The Balaban J connectivity index is 1.20. The zero-order chi connectivity index (χ0) is 80.7. The number of carboxylic acids is 1. The zero-order valence-corrected chi connectivity index (χ0v) is 64.8. The molecule has 5 rings (SSSR count). The van der Waals surface area contributed by atoms with Gasteiger partial charge in [-0.05, 0) is 44.9 Å². The van der Waals surface area contributed by atoms with Gasteiger partial charge >= 0.3 is 5.97 Å². The highest BCUT2D eigenvalue weighted by Gasteiger charge is 2.61. The summed E-state index contributed by atoms with van der Waals surface area (Å²) in [5, 5.41) is 203. The number of aliphatic hydroxyl groups excluding tert-OH is 17. The van der Waals surface area contributed by atoms with Crippen LogP contribution in [0.15, 0.2) is 24.3 Å². The monoisotopic (exact) mass is 1590 g/mol. The molecule has 33 heteroatoms. The quantitative estimate of drug-likeness (QED) is 0.0297. The maximum Gasteiger partial charge on any atom is 0.364 e. The molecule has 642 valence electrons. The highest BCUT2D eigenvalue weighted by atomic mass is 16.8. The van der Waals surface area contributed by atoms with Crippen molar-refractivity contribution in [2.24, 2.45) is 0 Å². The van der Waals surface area contributed by atoms with Crippen molar-refractivity contribution >= 4 is 17.8 Å². The lowest BCUT2D eigenvalue weighted by Crippen LogP contribution is -2.70. The maximum atomic E-state index is 13.6. The third-order valence-electron chi connectivity index (χ3n) is 21.3. The Morgan fingerprint density at radius 1 is 0.473 bits per heavy atom. The largest absolute Gasteiger partial charge is 0.477 e. The van der Waals surface area contributed by atoms with Crippen LogP contribution in [-0.2, 0) is 61.8 Å². The molecule has 0 aliphatic carbocycles. The first-order valence-corrected chi connectivity index (χ1v) is 40.8. The first-order chi connectivity index (χ1) is 52.9. The number of carboxylic acid groups (broad SMARTS) is 1. The maximum absolute atomic E-state index is 13.6. The highest BCUT2D eigenvalue weighted by molar-refractivity contribution is 5.76. The number of rotatable bonds is 56. The molecule has 0 aromatic carbocycles. The first-order valence-electron chi connectivity index (χ1n) is 40.8. The fourth-order valence-electron chi connectivity index (χ4n) is 14.6. The highest BCUT2D eigenvalue weighted by Crippen LogP contribution is 2.40. The summed E-state index contributed by atoms with van der Waals surface area (Å²) in [5.41, 5.74) is 0. The molecule has 10 unspecified atom stereocenters. The Morgan fingerprint density at radius 2 is 0.891 bits per heavy atom. The summed E-state index contributed by atoms with van der Waals surface area (Å²) < 4.78 is 58.4. The van der Waals surface area contributed by atoms with Crippen LogP contribution in [0.5, 0.6) is 0 Å². The molecular weight excluding hydrogens is 1450 g/mol. The van der Waals surface area contributed by atoms with Crippen molar-refractivity contribution in [1.82, 2.24) is 10.6 Å². The number of hydrogen-bond donors (Lipinski definition) is 20. The lowest BCUT2D eigenvalue weighted by atomic mass is 9.90. The van der Waals surface area contributed by atoms with E-state index in [-0.39, 0.29) is 12.3 Å². The molecule has 33 nitrogen and oxygen atoms in total. The van der Waals surface area contributed by atoms with E-state index in [1.807, 2.05) is 6.08 Å². The number of unbranched alkanes of at least 4 members (excludes halogenated alkanes) is 28. The molecule has 0 spiro atoms. The summed E-state index contributed by atoms with van der Waals surface area (Å²) in [6.45, 7) is -0.319. The van der Waals surface area contributed by atoms with Crippen LogP contribution < -0.4 is 10.6 Å². The van der Waals surface area contributed by atoms with Gasteiger partial charge in [-0.1, -0.05) is 192 Å². The minimum absolute atomic E-state index is 0.172. The van der Waals surface area contributed by atoms with Gasteiger partial charge in [0, 0.05) is 19.8 Å². The first kappa shape index (κ1) is 97.4. The second kappa shape index (κ2) is 53.2. The average molecular weight is 1590 g/mol. The van der Waals surface area contributed by atoms with Gasteiger partial charge in [0.1, 0.15) is 122 Å². The van der Waals surface area contributed by atoms with E-state index >= 15 is 0 Å². The summed E-state index contributed by atoms with van der Waals surface area (Å²) in [5.74, 6) is -6.50. The molecule has 2 amide bonds. The van der Waals surface area contributed by atoms with Crippen molar-refractivity contribution in [2.45, 2.75) is 404 Å². The number of allylic oxidation sites excluding steroid dienone is 3. The van der Waals surface area contributed by atoms with E-state index in [0.29, 0.717) is 12.8 Å². The standard InChI is InChI=1S/C77H138N2O31/c1-4-6-8-10-12-14-16-18-19-20-21-22-23-24-25-27-29-31-33-35-37-39-56(89)79-48(49(86)38-36-34-32-30-28-26-17-15-13-11-9-7-5-2)46-101-73-64(96)63(95)68(55(45-84)105-73)107-74-65(97)69(60(92)52(42-81)102-74)108-72-57(78-47(3)85)62(94)67(54(44-83)104-72)106-75-66(98)71(61(93)53(43-82)103-75)110-77(76(99)100)40-50(87)58(90)70(109-77)59(91)51(88)41-80/h18-19,36,38,48-55,57-75,80-84,86-88,90-98H,4-17,20-35,37,39-46H2,1-3H3,(H,78,85)(H,79,89)(H,99,100)/b19-18-,38-36+/t48-,49+,50?,51+,52?,53?,54?,55?,57?,58+,59+,60-,61-,62+,63+,64?,65?,66?,67+,68+,69-,70?,71-,72-,73+,74-,75-,77-/m0/s1. The second-order valence-electron chi connectivity index (χ2n) is 30.3. The summed E-state index contributed by atoms with van der Waals surface area (Å²) >= 11 is 0. The lowest BCUT2D eigenvalue weighted by molar-refractivity contribution is -0.393. The van der Waals surface area contributed by atoms with Crippen molar-refractivity contribution in [3.63, 3.8) is 0 Å². The molecule has 0 bridgehead atoms. The van der Waals surface area contributed by atoms with Gasteiger partial charge in [-0.3, -0.25) is 9.59 Å². The number of amides is 2. The fraction of sp³-hybridized carbons (Fsp3) is 0.909. The third-order valence-corrected chi connectivity index (χ3v) is 21.3. The van der Waals surface area contributed by atoms with E-state index in [0.717, 1.165) is 64.7 Å². The Bertz CT molecular complexity index is 2530. The van der Waals surface area contributed by atoms with Gasteiger partial charge in [0.2, 0.25) is 11.8 Å². The molecule has 5 saturated heterocycles. The van der Waals surface area contributed by atoms with Crippen LogP contribution in [0.25, 0.3) is 0 Å². The van der Waals surface area contributed by atoms with Gasteiger partial charge in [-0.25, -0.2) is 4.79 Å². The second-order valence-corrected chi connectivity index (χ2v) is 30.3. The van der Waals surface area contributed by atoms with Crippen molar-refractivity contribution < 1.29 is 154 Å². The molecule has 110 heavy (non-hydrogen) atoms. The van der Waals surface area contributed by atoms with Crippen molar-refractivity contribution in [1.29, 1.82) is 0 Å². The van der Waals surface area contributed by atoms with Crippen molar-refractivity contribution in [3.05, 3.63) is 24.3 Å². The molecule has 28 atom stereocenters. The molecule has 20 N–H and O–H groups in total. The third kappa shape index (κ3) is 31.0. The number of carbonyl (C=O) groups is 3. The number of aliphatic hydroxyl groups is 17. The minimum atomic E-state index is -3.19. The number of ether oxygens (including phenoxy) is 10. The van der Waals surface area contributed by atoms with Gasteiger partial charge in [0.05, 0.1) is 57.9 Å². The Kier molecular flexibility index (Phi) is 47.1. The Hall–Kier alpha value is -3.19. The summed E-state index contributed by atoms with van der Waals surface area (Å²) in [6, 6.07) is -2.94. The van der Waals surface area contributed by atoms with Gasteiger partial charge in [0.15, 0.2) is 25.2 Å². The smallest absolute Gasteiger partial charge is 0.364 e. The number of carbonyl (C=O) groups excluding carboxylic acids is 2. The van der Waals surface area contributed by atoms with Crippen LogP contribution in [-0.4, -0.2) is 321 Å². The molecule has 5 aliphatic rings. The molecule has 0 aromatic rings. The Morgan fingerprint density at radius 3 is 1.35 bits per heavy atom. The van der Waals surface area contributed by atoms with Gasteiger partial charge in [-0.2, -0.15) is 0 Å².